The van der Waals surface area contributed by atoms with Crippen LogP contribution in [-0.4, -0.2) is 20.0 Å². The molecule has 3 aromatic rings. The topological polar surface area (TPSA) is 56.7 Å². The number of alkyl halides is 3. The van der Waals surface area contributed by atoms with Gasteiger partial charge in [0.05, 0.1) is 0 Å². The van der Waals surface area contributed by atoms with Gasteiger partial charge in [-0.1, -0.05) is 17.7 Å². The third-order valence-electron chi connectivity index (χ3n) is 3.17. The van der Waals surface area contributed by atoms with Gasteiger partial charge in [0.2, 0.25) is 11.8 Å². The quantitative estimate of drug-likeness (QED) is 0.715. The lowest BCUT2D eigenvalue weighted by Crippen LogP contribution is -2.11. The Bertz CT molecular complexity index is 827. The summed E-state index contributed by atoms with van der Waals surface area (Å²) in [6.07, 6.45) is -3.28. The molecule has 1 unspecified atom stereocenters. The Balaban J connectivity index is 1.86. The summed E-state index contributed by atoms with van der Waals surface area (Å²) in [5.41, 5.74) is -0.348. The molecular formula is C14H10ClF3N4O. The van der Waals surface area contributed by atoms with Crippen LogP contribution in [0.2, 0.25) is 5.02 Å². The Morgan fingerprint density at radius 1 is 1.22 bits per heavy atom. The largest absolute Gasteiger partial charge is 0.435 e. The van der Waals surface area contributed by atoms with E-state index in [1.54, 1.807) is 31.2 Å². The van der Waals surface area contributed by atoms with Gasteiger partial charge in [-0.2, -0.15) is 18.3 Å². The van der Waals surface area contributed by atoms with Crippen LogP contribution in [0.25, 0.3) is 11.5 Å². The molecule has 9 heteroatoms. The first-order valence-corrected chi connectivity index (χ1v) is 6.94. The molecule has 120 valence electrons. The second-order valence-corrected chi connectivity index (χ2v) is 5.25. The van der Waals surface area contributed by atoms with Gasteiger partial charge < -0.3 is 4.42 Å². The Kier molecular flexibility index (Phi) is 3.85. The number of rotatable bonds is 3. The van der Waals surface area contributed by atoms with E-state index in [-0.39, 0.29) is 11.8 Å². The highest BCUT2D eigenvalue weighted by Gasteiger charge is 2.34. The van der Waals surface area contributed by atoms with Crippen molar-refractivity contribution in [3.8, 4) is 11.5 Å². The van der Waals surface area contributed by atoms with E-state index in [1.165, 1.54) is 6.20 Å². The SMILES string of the molecule is CC(c1nnc(-c2cccc(Cl)c2)o1)n1ccc(C(F)(F)F)n1. The predicted octanol–water partition coefficient (Wildman–Crippen LogP) is 4.21. The van der Waals surface area contributed by atoms with Crippen molar-refractivity contribution in [2.45, 2.75) is 19.1 Å². The highest BCUT2D eigenvalue weighted by Crippen LogP contribution is 2.29. The zero-order valence-corrected chi connectivity index (χ0v) is 12.5. The molecular weight excluding hydrogens is 333 g/mol. The van der Waals surface area contributed by atoms with Gasteiger partial charge >= 0.3 is 6.18 Å². The highest BCUT2D eigenvalue weighted by molar-refractivity contribution is 6.30. The van der Waals surface area contributed by atoms with Gasteiger partial charge in [-0.25, -0.2) is 0 Å². The van der Waals surface area contributed by atoms with E-state index >= 15 is 0 Å². The minimum atomic E-state index is -4.49. The fraction of sp³-hybridized carbons (Fsp3) is 0.214. The van der Waals surface area contributed by atoms with Crippen molar-refractivity contribution < 1.29 is 17.6 Å². The summed E-state index contributed by atoms with van der Waals surface area (Å²) >= 11 is 5.89. The van der Waals surface area contributed by atoms with Crippen molar-refractivity contribution in [3.63, 3.8) is 0 Å². The first-order chi connectivity index (χ1) is 10.8. The van der Waals surface area contributed by atoms with Gasteiger partial charge in [-0.3, -0.25) is 4.68 Å². The fourth-order valence-corrected chi connectivity index (χ4v) is 2.15. The summed E-state index contributed by atoms with van der Waals surface area (Å²) in [4.78, 5) is 0. The molecule has 0 N–H and O–H groups in total. The van der Waals surface area contributed by atoms with Crippen molar-refractivity contribution in [1.29, 1.82) is 0 Å². The Labute approximate surface area is 133 Å². The number of benzene rings is 1. The predicted molar refractivity (Wildman–Crippen MR) is 75.8 cm³/mol. The van der Waals surface area contributed by atoms with Gasteiger partial charge in [-0.15, -0.1) is 10.2 Å². The summed E-state index contributed by atoms with van der Waals surface area (Å²) in [6.45, 7) is 1.61. The van der Waals surface area contributed by atoms with E-state index < -0.39 is 17.9 Å². The summed E-state index contributed by atoms with van der Waals surface area (Å²) in [6, 6.07) is 7.08. The molecule has 0 amide bonds. The molecule has 3 rings (SSSR count). The molecule has 2 aromatic heterocycles. The molecule has 0 saturated carbocycles. The van der Waals surface area contributed by atoms with E-state index in [4.69, 9.17) is 16.0 Å². The van der Waals surface area contributed by atoms with Crippen LogP contribution in [0.3, 0.4) is 0 Å². The molecule has 0 aliphatic rings. The maximum absolute atomic E-state index is 12.6. The summed E-state index contributed by atoms with van der Waals surface area (Å²) in [5.74, 6) is 0.384. The lowest BCUT2D eigenvalue weighted by molar-refractivity contribution is -0.141. The minimum absolute atomic E-state index is 0.150. The molecule has 0 aliphatic heterocycles. The molecule has 23 heavy (non-hydrogen) atoms. The van der Waals surface area contributed by atoms with Crippen LogP contribution in [0.15, 0.2) is 40.9 Å². The molecule has 0 spiro atoms. The number of halogens is 4. The van der Waals surface area contributed by atoms with Gasteiger partial charge in [0.15, 0.2) is 5.69 Å². The van der Waals surface area contributed by atoms with Crippen molar-refractivity contribution in [2.24, 2.45) is 0 Å². The Hall–Kier alpha value is -2.35. The standard InChI is InChI=1S/C14H10ClF3N4O/c1-8(22-6-5-11(21-22)14(16,17)18)12-19-20-13(23-12)9-3-2-4-10(15)7-9/h2-8H,1H3. The molecule has 0 radical (unpaired) electrons. The maximum atomic E-state index is 12.6. The van der Waals surface area contributed by atoms with E-state index in [0.29, 0.717) is 10.6 Å². The van der Waals surface area contributed by atoms with E-state index in [2.05, 4.69) is 15.3 Å². The van der Waals surface area contributed by atoms with Crippen molar-refractivity contribution in [1.82, 2.24) is 20.0 Å². The van der Waals surface area contributed by atoms with E-state index in [1.807, 2.05) is 0 Å². The van der Waals surface area contributed by atoms with Crippen LogP contribution in [0.5, 0.6) is 0 Å². The van der Waals surface area contributed by atoms with E-state index in [0.717, 1.165) is 10.7 Å². The molecule has 0 saturated heterocycles. The number of aromatic nitrogens is 4. The summed E-state index contributed by atoms with van der Waals surface area (Å²) < 4.78 is 44.4. The maximum Gasteiger partial charge on any atom is 0.435 e. The molecule has 2 heterocycles. The first-order valence-electron chi connectivity index (χ1n) is 6.56. The zero-order valence-electron chi connectivity index (χ0n) is 11.8. The van der Waals surface area contributed by atoms with Crippen LogP contribution in [0.1, 0.15) is 24.6 Å². The van der Waals surface area contributed by atoms with Crippen molar-refractivity contribution in [2.75, 3.05) is 0 Å². The second-order valence-electron chi connectivity index (χ2n) is 4.81. The molecule has 0 fully saturated rings. The number of nitrogens with zero attached hydrogens (tertiary/aromatic N) is 4. The Morgan fingerprint density at radius 3 is 2.65 bits per heavy atom. The molecule has 0 aliphatic carbocycles. The summed E-state index contributed by atoms with van der Waals surface area (Å²) in [5, 5.41) is 11.8. The Morgan fingerprint density at radius 2 is 2.00 bits per heavy atom. The third-order valence-corrected chi connectivity index (χ3v) is 3.40. The molecule has 5 nitrogen and oxygen atoms in total. The van der Waals surface area contributed by atoms with Crippen LogP contribution in [0.4, 0.5) is 13.2 Å². The van der Waals surface area contributed by atoms with Gasteiger partial charge in [0, 0.05) is 16.8 Å². The van der Waals surface area contributed by atoms with Gasteiger partial charge in [0.1, 0.15) is 6.04 Å². The minimum Gasteiger partial charge on any atom is -0.418 e. The highest BCUT2D eigenvalue weighted by atomic mass is 35.5. The van der Waals surface area contributed by atoms with Gasteiger partial charge in [0.25, 0.3) is 0 Å². The van der Waals surface area contributed by atoms with Crippen molar-refractivity contribution >= 4 is 11.6 Å². The van der Waals surface area contributed by atoms with Crippen molar-refractivity contribution in [3.05, 3.63) is 53.1 Å². The fourth-order valence-electron chi connectivity index (χ4n) is 1.96. The third kappa shape index (κ3) is 3.21. The van der Waals surface area contributed by atoms with Gasteiger partial charge in [-0.05, 0) is 31.2 Å². The molecule has 1 aromatic carbocycles. The average Bonchev–Trinajstić information content (AvgIpc) is 3.16. The normalized spacial score (nSPS) is 13.3. The molecule has 0 bridgehead atoms. The van der Waals surface area contributed by atoms with Crippen LogP contribution >= 0.6 is 11.6 Å². The first kappa shape index (κ1) is 15.5. The molecule has 1 atom stereocenters. The zero-order chi connectivity index (χ0) is 16.6. The van der Waals surface area contributed by atoms with E-state index in [9.17, 15) is 13.2 Å². The number of hydrogen-bond donors (Lipinski definition) is 0. The van der Waals surface area contributed by atoms with Crippen LogP contribution in [-0.2, 0) is 6.18 Å². The lowest BCUT2D eigenvalue weighted by atomic mass is 10.2. The number of hydrogen-bond acceptors (Lipinski definition) is 4. The second kappa shape index (κ2) is 5.69. The van der Waals surface area contributed by atoms with Crippen LogP contribution < -0.4 is 0 Å². The van der Waals surface area contributed by atoms with Crippen LogP contribution in [0, 0.1) is 0 Å². The monoisotopic (exact) mass is 342 g/mol. The lowest BCUT2D eigenvalue weighted by Gasteiger charge is -2.07. The smallest absolute Gasteiger partial charge is 0.418 e. The summed E-state index contributed by atoms with van der Waals surface area (Å²) in [7, 11) is 0. The average molecular weight is 343 g/mol.